The van der Waals surface area contributed by atoms with E-state index in [-0.39, 0.29) is 10.9 Å². The predicted molar refractivity (Wildman–Crippen MR) is 121 cm³/mol. The minimum Gasteiger partial charge on any atom is -0.356 e. The maximum Gasteiger partial charge on any atom is 0.262 e. The summed E-state index contributed by atoms with van der Waals surface area (Å²) in [7, 11) is -1.76. The zero-order valence-corrected chi connectivity index (χ0v) is 19.8. The lowest BCUT2D eigenvalue weighted by atomic mass is 10.1. The number of aromatic nitrogens is 4. The van der Waals surface area contributed by atoms with E-state index in [2.05, 4.69) is 30.8 Å². The molecule has 10 heteroatoms. The van der Waals surface area contributed by atoms with Crippen molar-refractivity contribution in [3.63, 3.8) is 0 Å². The number of imidazole rings is 1. The molecule has 2 fully saturated rings. The van der Waals surface area contributed by atoms with Gasteiger partial charge >= 0.3 is 0 Å². The van der Waals surface area contributed by atoms with Gasteiger partial charge in [0.1, 0.15) is 23.3 Å². The molecule has 4 heterocycles. The van der Waals surface area contributed by atoms with Gasteiger partial charge in [0.05, 0.1) is 0 Å². The fourth-order valence-corrected chi connectivity index (χ4v) is 5.80. The normalized spacial score (nSPS) is 18.7. The van der Waals surface area contributed by atoms with Crippen LogP contribution in [-0.2, 0) is 17.1 Å². The van der Waals surface area contributed by atoms with Gasteiger partial charge in [-0.05, 0) is 26.2 Å². The summed E-state index contributed by atoms with van der Waals surface area (Å²) < 4.78 is 29.6. The summed E-state index contributed by atoms with van der Waals surface area (Å²) in [6.07, 6.45) is 5.29. The average Bonchev–Trinajstić information content (AvgIpc) is 3.17. The second-order valence-electron chi connectivity index (χ2n) is 8.77. The van der Waals surface area contributed by atoms with E-state index in [9.17, 15) is 8.42 Å². The van der Waals surface area contributed by atoms with Gasteiger partial charge in [0.25, 0.3) is 10.0 Å². The molecule has 4 rings (SSSR count). The summed E-state index contributed by atoms with van der Waals surface area (Å²) in [6, 6.07) is 2.05. The first-order chi connectivity index (χ1) is 14.8. The second kappa shape index (κ2) is 8.74. The molecule has 2 aliphatic heterocycles. The molecular formula is C21H33N7O2S. The lowest BCUT2D eigenvalue weighted by Gasteiger charge is -2.35. The van der Waals surface area contributed by atoms with Crippen LogP contribution in [0.3, 0.4) is 0 Å². The van der Waals surface area contributed by atoms with Crippen LogP contribution in [0.15, 0.2) is 17.3 Å². The molecule has 0 bridgehead atoms. The summed E-state index contributed by atoms with van der Waals surface area (Å²) in [5.41, 5.74) is 0. The van der Waals surface area contributed by atoms with Crippen LogP contribution < -0.4 is 9.80 Å². The van der Waals surface area contributed by atoms with Crippen LogP contribution in [0.1, 0.15) is 50.7 Å². The summed E-state index contributed by atoms with van der Waals surface area (Å²) in [4.78, 5) is 18.2. The molecule has 0 aromatic carbocycles. The van der Waals surface area contributed by atoms with Crippen LogP contribution in [-0.4, -0.2) is 71.5 Å². The van der Waals surface area contributed by atoms with Crippen molar-refractivity contribution in [2.24, 2.45) is 7.05 Å². The van der Waals surface area contributed by atoms with E-state index in [1.165, 1.54) is 23.6 Å². The van der Waals surface area contributed by atoms with Crippen molar-refractivity contribution in [3.05, 3.63) is 23.9 Å². The number of hydrogen-bond donors (Lipinski definition) is 0. The Balaban J connectivity index is 1.47. The SMILES string of the molecule is Cc1nc(N2CCCCC2)cc(N2CCN(S(=O)(=O)c3cn(C)c(C(C)C)n3)CC2)n1. The highest BCUT2D eigenvalue weighted by Crippen LogP contribution is 2.25. The van der Waals surface area contributed by atoms with Crippen molar-refractivity contribution < 1.29 is 8.42 Å². The third kappa shape index (κ3) is 4.55. The molecule has 0 N–H and O–H groups in total. The number of piperazine rings is 1. The number of sulfonamides is 1. The van der Waals surface area contributed by atoms with Crippen LogP contribution in [0.5, 0.6) is 0 Å². The highest BCUT2D eigenvalue weighted by atomic mass is 32.2. The molecule has 0 aliphatic carbocycles. The van der Waals surface area contributed by atoms with Crippen molar-refractivity contribution in [1.29, 1.82) is 0 Å². The van der Waals surface area contributed by atoms with Crippen LogP contribution in [0.2, 0.25) is 0 Å². The lowest BCUT2D eigenvalue weighted by molar-refractivity contribution is 0.382. The van der Waals surface area contributed by atoms with Crippen LogP contribution >= 0.6 is 0 Å². The Labute approximate surface area is 185 Å². The number of nitrogens with zero attached hydrogens (tertiary/aromatic N) is 7. The average molecular weight is 448 g/mol. The third-order valence-electron chi connectivity index (χ3n) is 6.06. The van der Waals surface area contributed by atoms with E-state index in [1.807, 2.05) is 27.8 Å². The maximum atomic E-state index is 13.1. The Kier molecular flexibility index (Phi) is 6.20. The van der Waals surface area contributed by atoms with E-state index in [0.717, 1.165) is 36.4 Å². The zero-order valence-electron chi connectivity index (χ0n) is 19.0. The minimum atomic E-state index is -3.60. The molecule has 0 radical (unpaired) electrons. The smallest absolute Gasteiger partial charge is 0.262 e. The monoisotopic (exact) mass is 447 g/mol. The van der Waals surface area contributed by atoms with Crippen molar-refractivity contribution >= 4 is 21.7 Å². The molecule has 0 atom stereocenters. The molecule has 2 saturated heterocycles. The molecular weight excluding hydrogens is 414 g/mol. The zero-order chi connectivity index (χ0) is 22.2. The number of anilines is 2. The van der Waals surface area contributed by atoms with Crippen LogP contribution in [0, 0.1) is 6.92 Å². The fraction of sp³-hybridized carbons (Fsp3) is 0.667. The maximum absolute atomic E-state index is 13.1. The first kappa shape index (κ1) is 22.0. The highest BCUT2D eigenvalue weighted by molar-refractivity contribution is 7.89. The van der Waals surface area contributed by atoms with Crippen molar-refractivity contribution in [2.75, 3.05) is 49.1 Å². The molecule has 0 saturated carbocycles. The number of rotatable bonds is 5. The van der Waals surface area contributed by atoms with Gasteiger partial charge in [-0.2, -0.15) is 4.31 Å². The molecule has 2 aromatic rings. The second-order valence-corrected chi connectivity index (χ2v) is 10.7. The quantitative estimate of drug-likeness (QED) is 0.694. The third-order valence-corrected chi connectivity index (χ3v) is 7.83. The minimum absolute atomic E-state index is 0.136. The number of aryl methyl sites for hydroxylation is 2. The van der Waals surface area contributed by atoms with Gasteiger partial charge in [0, 0.05) is 64.5 Å². The van der Waals surface area contributed by atoms with Crippen molar-refractivity contribution in [1.82, 2.24) is 23.8 Å². The Bertz CT molecular complexity index is 1020. The topological polar surface area (TPSA) is 87.5 Å². The van der Waals surface area contributed by atoms with E-state index in [4.69, 9.17) is 0 Å². The van der Waals surface area contributed by atoms with E-state index < -0.39 is 10.0 Å². The molecule has 0 spiro atoms. The van der Waals surface area contributed by atoms with Crippen molar-refractivity contribution in [2.45, 2.75) is 51.0 Å². The molecule has 0 unspecified atom stereocenters. The van der Waals surface area contributed by atoms with Gasteiger partial charge in [0.2, 0.25) is 0 Å². The van der Waals surface area contributed by atoms with E-state index in [0.29, 0.717) is 26.2 Å². The molecule has 31 heavy (non-hydrogen) atoms. The first-order valence-electron chi connectivity index (χ1n) is 11.1. The van der Waals surface area contributed by atoms with Crippen LogP contribution in [0.4, 0.5) is 11.6 Å². The van der Waals surface area contributed by atoms with Crippen LogP contribution in [0.25, 0.3) is 0 Å². The molecule has 0 amide bonds. The summed E-state index contributed by atoms with van der Waals surface area (Å²) in [6.45, 7) is 10.0. The lowest BCUT2D eigenvalue weighted by Crippen LogP contribution is -2.49. The summed E-state index contributed by atoms with van der Waals surface area (Å²) in [5.74, 6) is 3.56. The standard InChI is InChI=1S/C21H33N7O2S/c1-16(2)21-24-20(15-25(21)4)31(29,30)28-12-10-27(11-13-28)19-14-18(22-17(3)23-19)26-8-6-5-7-9-26/h14-16H,5-13H2,1-4H3. The Hall–Kier alpha value is -2.20. The van der Waals surface area contributed by atoms with Gasteiger partial charge in [-0.25, -0.2) is 23.4 Å². The number of piperidine rings is 1. The van der Waals surface area contributed by atoms with Gasteiger partial charge < -0.3 is 14.4 Å². The van der Waals surface area contributed by atoms with Gasteiger partial charge in [-0.1, -0.05) is 13.8 Å². The molecule has 2 aliphatic rings. The van der Waals surface area contributed by atoms with E-state index >= 15 is 0 Å². The largest absolute Gasteiger partial charge is 0.356 e. The summed E-state index contributed by atoms with van der Waals surface area (Å²) in [5, 5.41) is 0.136. The predicted octanol–water partition coefficient (Wildman–Crippen LogP) is 2.14. The van der Waals surface area contributed by atoms with Gasteiger partial charge in [-0.3, -0.25) is 0 Å². The van der Waals surface area contributed by atoms with Gasteiger partial charge in [0.15, 0.2) is 5.03 Å². The molecule has 2 aromatic heterocycles. The van der Waals surface area contributed by atoms with E-state index in [1.54, 1.807) is 10.8 Å². The Morgan fingerprint density at radius 2 is 1.45 bits per heavy atom. The Morgan fingerprint density at radius 3 is 2.00 bits per heavy atom. The number of hydrogen-bond acceptors (Lipinski definition) is 7. The van der Waals surface area contributed by atoms with Gasteiger partial charge in [-0.15, -0.1) is 0 Å². The van der Waals surface area contributed by atoms with Crippen molar-refractivity contribution in [3.8, 4) is 0 Å². The highest BCUT2D eigenvalue weighted by Gasteiger charge is 2.32. The molecule has 170 valence electrons. The molecule has 9 nitrogen and oxygen atoms in total. The fourth-order valence-electron chi connectivity index (χ4n) is 4.39. The summed E-state index contributed by atoms with van der Waals surface area (Å²) >= 11 is 0. The first-order valence-corrected chi connectivity index (χ1v) is 12.6. The Morgan fingerprint density at radius 1 is 0.871 bits per heavy atom.